The Morgan fingerprint density at radius 2 is 1.86 bits per heavy atom. The first-order valence-electron chi connectivity index (χ1n) is 6.21. The number of rotatable bonds is 5. The van der Waals surface area contributed by atoms with Crippen LogP contribution in [0.4, 0.5) is 5.69 Å². The lowest BCUT2D eigenvalue weighted by Crippen LogP contribution is -2.14. The standard InChI is InChI=1S/C15H12ClNO4S/c16-9-6-11(15(20)21)14(19)12(7-9)17-13(18)8-22-10-4-2-1-3-5-10/h1-7,19H,8H2,(H,17,18)(H,20,21). The van der Waals surface area contributed by atoms with E-state index in [1.54, 1.807) is 0 Å². The largest absolute Gasteiger partial charge is 0.505 e. The van der Waals surface area contributed by atoms with Gasteiger partial charge >= 0.3 is 5.97 Å². The monoisotopic (exact) mass is 337 g/mol. The molecule has 5 nitrogen and oxygen atoms in total. The summed E-state index contributed by atoms with van der Waals surface area (Å²) in [4.78, 5) is 23.8. The molecule has 22 heavy (non-hydrogen) atoms. The number of aromatic hydroxyl groups is 1. The van der Waals surface area contributed by atoms with E-state index in [2.05, 4.69) is 5.32 Å². The lowest BCUT2D eigenvalue weighted by molar-refractivity contribution is -0.113. The fourth-order valence-electron chi connectivity index (χ4n) is 1.71. The molecule has 0 unspecified atom stereocenters. The molecule has 0 radical (unpaired) electrons. The zero-order valence-electron chi connectivity index (χ0n) is 11.2. The summed E-state index contributed by atoms with van der Waals surface area (Å²) >= 11 is 7.12. The first-order chi connectivity index (χ1) is 10.5. The minimum Gasteiger partial charge on any atom is -0.505 e. The molecule has 1 amide bonds. The molecular weight excluding hydrogens is 326 g/mol. The van der Waals surface area contributed by atoms with E-state index in [0.717, 1.165) is 11.0 Å². The molecule has 0 bridgehead atoms. The van der Waals surface area contributed by atoms with Crippen LogP contribution in [0.5, 0.6) is 5.75 Å². The van der Waals surface area contributed by atoms with Gasteiger partial charge in [-0.1, -0.05) is 29.8 Å². The number of hydrogen-bond donors (Lipinski definition) is 3. The average molecular weight is 338 g/mol. The van der Waals surface area contributed by atoms with Gasteiger partial charge in [0.15, 0.2) is 5.75 Å². The Balaban J connectivity index is 2.07. The van der Waals surface area contributed by atoms with Gasteiger partial charge in [0, 0.05) is 9.92 Å². The van der Waals surface area contributed by atoms with E-state index in [-0.39, 0.29) is 27.9 Å². The molecule has 0 saturated heterocycles. The number of carbonyl (C=O) groups excluding carboxylic acids is 1. The van der Waals surface area contributed by atoms with Gasteiger partial charge < -0.3 is 15.5 Å². The maximum atomic E-state index is 11.9. The number of benzene rings is 2. The second-order valence-electron chi connectivity index (χ2n) is 4.30. The second-order valence-corrected chi connectivity index (χ2v) is 5.79. The third-order valence-electron chi connectivity index (χ3n) is 2.69. The lowest BCUT2D eigenvalue weighted by Gasteiger charge is -2.10. The van der Waals surface area contributed by atoms with Gasteiger partial charge in [0.1, 0.15) is 5.56 Å². The zero-order chi connectivity index (χ0) is 16.1. The van der Waals surface area contributed by atoms with Gasteiger partial charge in [0.25, 0.3) is 0 Å². The van der Waals surface area contributed by atoms with Crippen LogP contribution in [0.3, 0.4) is 0 Å². The van der Waals surface area contributed by atoms with Gasteiger partial charge in [-0.05, 0) is 24.3 Å². The Bertz CT molecular complexity index is 706. The van der Waals surface area contributed by atoms with E-state index in [1.807, 2.05) is 30.3 Å². The number of carboxylic acid groups (broad SMARTS) is 1. The van der Waals surface area contributed by atoms with Crippen LogP contribution in [-0.4, -0.2) is 27.8 Å². The fraction of sp³-hybridized carbons (Fsp3) is 0.0667. The van der Waals surface area contributed by atoms with E-state index in [4.69, 9.17) is 16.7 Å². The number of amides is 1. The Morgan fingerprint density at radius 1 is 1.18 bits per heavy atom. The summed E-state index contributed by atoms with van der Waals surface area (Å²) in [6, 6.07) is 11.8. The van der Waals surface area contributed by atoms with Crippen molar-refractivity contribution in [1.29, 1.82) is 0 Å². The molecule has 0 saturated carbocycles. The number of hydrogen-bond acceptors (Lipinski definition) is 4. The van der Waals surface area contributed by atoms with Crippen molar-refractivity contribution in [2.24, 2.45) is 0 Å². The average Bonchev–Trinajstić information content (AvgIpc) is 2.49. The lowest BCUT2D eigenvalue weighted by atomic mass is 10.1. The van der Waals surface area contributed by atoms with Crippen molar-refractivity contribution in [3.05, 3.63) is 53.1 Å². The molecule has 0 spiro atoms. The Kier molecular flexibility index (Phi) is 5.30. The highest BCUT2D eigenvalue weighted by molar-refractivity contribution is 8.00. The molecule has 2 aromatic rings. The number of halogens is 1. The van der Waals surface area contributed by atoms with E-state index in [0.29, 0.717) is 0 Å². The summed E-state index contributed by atoms with van der Waals surface area (Å²) in [5, 5.41) is 21.4. The molecule has 0 aliphatic heterocycles. The summed E-state index contributed by atoms with van der Waals surface area (Å²) in [6.45, 7) is 0. The van der Waals surface area contributed by atoms with Crippen LogP contribution < -0.4 is 5.32 Å². The molecular formula is C15H12ClNO4S. The van der Waals surface area contributed by atoms with Crippen LogP contribution in [0.25, 0.3) is 0 Å². The van der Waals surface area contributed by atoms with Gasteiger partial charge in [0.05, 0.1) is 11.4 Å². The molecule has 0 aliphatic carbocycles. The molecule has 114 valence electrons. The third kappa shape index (κ3) is 4.16. The maximum absolute atomic E-state index is 11.9. The number of thioether (sulfide) groups is 1. The van der Waals surface area contributed by atoms with Crippen molar-refractivity contribution in [3.63, 3.8) is 0 Å². The van der Waals surface area contributed by atoms with Gasteiger partial charge in [-0.3, -0.25) is 4.79 Å². The Hall–Kier alpha value is -2.18. The summed E-state index contributed by atoms with van der Waals surface area (Å²) < 4.78 is 0. The summed E-state index contributed by atoms with van der Waals surface area (Å²) in [6.07, 6.45) is 0. The summed E-state index contributed by atoms with van der Waals surface area (Å²) in [5.41, 5.74) is -0.387. The highest BCUT2D eigenvalue weighted by Gasteiger charge is 2.16. The van der Waals surface area contributed by atoms with Gasteiger partial charge in [-0.25, -0.2) is 4.79 Å². The molecule has 0 heterocycles. The van der Waals surface area contributed by atoms with Crippen LogP contribution in [0.15, 0.2) is 47.4 Å². The van der Waals surface area contributed by atoms with Crippen molar-refractivity contribution in [3.8, 4) is 5.75 Å². The predicted molar refractivity (Wildman–Crippen MR) is 85.9 cm³/mol. The van der Waals surface area contributed by atoms with Gasteiger partial charge in [-0.15, -0.1) is 11.8 Å². The minimum absolute atomic E-state index is 0.0245. The highest BCUT2D eigenvalue weighted by Crippen LogP contribution is 2.32. The van der Waals surface area contributed by atoms with E-state index >= 15 is 0 Å². The van der Waals surface area contributed by atoms with Crippen LogP contribution >= 0.6 is 23.4 Å². The number of phenols is 1. The number of aromatic carboxylic acids is 1. The fourth-order valence-corrected chi connectivity index (χ4v) is 2.65. The van der Waals surface area contributed by atoms with Crippen LogP contribution in [0, 0.1) is 0 Å². The van der Waals surface area contributed by atoms with Gasteiger partial charge in [-0.2, -0.15) is 0 Å². The molecule has 0 fully saturated rings. The van der Waals surface area contributed by atoms with E-state index < -0.39 is 11.7 Å². The van der Waals surface area contributed by atoms with E-state index in [1.165, 1.54) is 17.8 Å². The van der Waals surface area contributed by atoms with Gasteiger partial charge in [0.2, 0.25) is 5.91 Å². The van der Waals surface area contributed by atoms with Crippen molar-refractivity contribution < 1.29 is 19.8 Å². The van der Waals surface area contributed by atoms with Crippen molar-refractivity contribution >= 4 is 40.9 Å². The first-order valence-corrected chi connectivity index (χ1v) is 7.57. The van der Waals surface area contributed by atoms with Crippen molar-refractivity contribution in [2.45, 2.75) is 4.90 Å². The number of carbonyl (C=O) groups is 2. The highest BCUT2D eigenvalue weighted by atomic mass is 35.5. The van der Waals surface area contributed by atoms with Crippen molar-refractivity contribution in [2.75, 3.05) is 11.1 Å². The van der Waals surface area contributed by atoms with Crippen LogP contribution in [-0.2, 0) is 4.79 Å². The Morgan fingerprint density at radius 3 is 2.50 bits per heavy atom. The molecule has 2 aromatic carbocycles. The second kappa shape index (κ2) is 7.20. The molecule has 7 heteroatoms. The van der Waals surface area contributed by atoms with Crippen LogP contribution in [0.2, 0.25) is 5.02 Å². The smallest absolute Gasteiger partial charge is 0.339 e. The Labute approximate surface area is 135 Å². The minimum atomic E-state index is -1.32. The number of anilines is 1. The number of nitrogens with one attached hydrogen (secondary N) is 1. The van der Waals surface area contributed by atoms with E-state index in [9.17, 15) is 14.7 Å². The summed E-state index contributed by atoms with van der Waals surface area (Å²) in [7, 11) is 0. The summed E-state index contributed by atoms with van der Waals surface area (Å²) in [5.74, 6) is -2.09. The first kappa shape index (κ1) is 16.2. The topological polar surface area (TPSA) is 86.6 Å². The van der Waals surface area contributed by atoms with Crippen molar-refractivity contribution in [1.82, 2.24) is 0 Å². The molecule has 0 aliphatic rings. The molecule has 0 atom stereocenters. The maximum Gasteiger partial charge on any atom is 0.339 e. The molecule has 0 aromatic heterocycles. The predicted octanol–water partition coefficient (Wildman–Crippen LogP) is 3.47. The quantitative estimate of drug-likeness (QED) is 0.574. The normalized spacial score (nSPS) is 10.2. The molecule has 2 rings (SSSR count). The zero-order valence-corrected chi connectivity index (χ0v) is 12.8. The molecule has 3 N–H and O–H groups in total. The van der Waals surface area contributed by atoms with Crippen LogP contribution in [0.1, 0.15) is 10.4 Å². The number of carboxylic acids is 1. The SMILES string of the molecule is O=C(CSc1ccccc1)Nc1cc(Cl)cc(C(=O)O)c1O. The third-order valence-corrected chi connectivity index (χ3v) is 3.92.